The van der Waals surface area contributed by atoms with E-state index in [1.807, 2.05) is 0 Å². The van der Waals surface area contributed by atoms with E-state index >= 15 is 0 Å². The minimum absolute atomic E-state index is 0.950. The van der Waals surface area contributed by atoms with Crippen molar-refractivity contribution in [2.45, 2.75) is 47.0 Å². The number of allylic oxidation sites excluding steroid dienone is 3. The molecule has 1 rings (SSSR count). The van der Waals surface area contributed by atoms with Crippen molar-refractivity contribution in [2.75, 3.05) is 13.1 Å². The largest absolute Gasteiger partial charge is 0.313 e. The van der Waals surface area contributed by atoms with Crippen molar-refractivity contribution in [3.8, 4) is 0 Å². The molecule has 0 fully saturated rings. The van der Waals surface area contributed by atoms with Crippen LogP contribution in [0.2, 0.25) is 0 Å². The number of benzene rings is 1. The van der Waals surface area contributed by atoms with Gasteiger partial charge in [-0.1, -0.05) is 61.8 Å². The highest BCUT2D eigenvalue weighted by Gasteiger charge is 2.01. The van der Waals surface area contributed by atoms with Gasteiger partial charge < -0.3 is 5.32 Å². The number of unbranched alkanes of at least 4 members (excludes halogenated alkanes) is 2. The predicted octanol–water partition coefficient (Wildman–Crippen LogP) is 5.04. The Morgan fingerprint density at radius 1 is 1.20 bits per heavy atom. The highest BCUT2D eigenvalue weighted by Crippen LogP contribution is 2.21. The Morgan fingerprint density at radius 3 is 2.65 bits per heavy atom. The maximum Gasteiger partial charge on any atom is 0.0138 e. The fourth-order valence-electron chi connectivity index (χ4n) is 2.35. The van der Waals surface area contributed by atoms with Crippen LogP contribution in [0, 0.1) is 13.8 Å². The van der Waals surface area contributed by atoms with Crippen molar-refractivity contribution in [3.05, 3.63) is 53.1 Å². The third-order valence-corrected chi connectivity index (χ3v) is 3.52. The normalized spacial score (nSPS) is 12.3. The molecule has 0 atom stereocenters. The second-order valence-corrected chi connectivity index (χ2v) is 5.38. The summed E-state index contributed by atoms with van der Waals surface area (Å²) in [4.78, 5) is 0. The Bertz CT molecular complexity index is 455. The molecule has 1 heteroatoms. The van der Waals surface area contributed by atoms with E-state index in [0.717, 1.165) is 13.1 Å². The average molecular weight is 271 g/mol. The van der Waals surface area contributed by atoms with Crippen molar-refractivity contribution < 1.29 is 0 Å². The van der Waals surface area contributed by atoms with Crippen LogP contribution in [0.5, 0.6) is 0 Å². The van der Waals surface area contributed by atoms with Crippen molar-refractivity contribution >= 4 is 5.57 Å². The number of nitrogens with one attached hydrogen (secondary N) is 1. The van der Waals surface area contributed by atoms with Crippen LogP contribution in [0.15, 0.2) is 36.4 Å². The van der Waals surface area contributed by atoms with Crippen LogP contribution in [0.4, 0.5) is 0 Å². The molecule has 1 aromatic carbocycles. The van der Waals surface area contributed by atoms with Crippen LogP contribution >= 0.6 is 0 Å². The molecule has 0 bridgehead atoms. The fourth-order valence-corrected chi connectivity index (χ4v) is 2.35. The molecule has 20 heavy (non-hydrogen) atoms. The SMILES string of the molecule is C/C=C(\C=C/CNCCCCC)c1ccc(C)cc1C. The maximum atomic E-state index is 3.46. The Kier molecular flexibility index (Phi) is 7.98. The number of rotatable bonds is 8. The van der Waals surface area contributed by atoms with Crippen LogP contribution in [-0.4, -0.2) is 13.1 Å². The lowest BCUT2D eigenvalue weighted by molar-refractivity contribution is 0.646. The topological polar surface area (TPSA) is 12.0 Å². The molecule has 0 spiro atoms. The molecular formula is C19H29N. The second kappa shape index (κ2) is 9.55. The summed E-state index contributed by atoms with van der Waals surface area (Å²) in [7, 11) is 0. The lowest BCUT2D eigenvalue weighted by Crippen LogP contribution is -2.14. The molecule has 1 N–H and O–H groups in total. The van der Waals surface area contributed by atoms with E-state index < -0.39 is 0 Å². The van der Waals surface area contributed by atoms with E-state index in [4.69, 9.17) is 0 Å². The van der Waals surface area contributed by atoms with Crippen molar-refractivity contribution in [3.63, 3.8) is 0 Å². The molecule has 1 nitrogen and oxygen atoms in total. The van der Waals surface area contributed by atoms with Gasteiger partial charge in [-0.15, -0.1) is 0 Å². The van der Waals surface area contributed by atoms with Crippen LogP contribution in [0.1, 0.15) is 49.8 Å². The first-order chi connectivity index (χ1) is 9.69. The summed E-state index contributed by atoms with van der Waals surface area (Å²) in [6.07, 6.45) is 10.5. The molecule has 0 aliphatic carbocycles. The first-order valence-corrected chi connectivity index (χ1v) is 7.80. The summed E-state index contributed by atoms with van der Waals surface area (Å²) in [5.41, 5.74) is 5.31. The van der Waals surface area contributed by atoms with E-state index in [9.17, 15) is 0 Å². The molecule has 110 valence electrons. The zero-order valence-corrected chi connectivity index (χ0v) is 13.5. The highest BCUT2D eigenvalue weighted by atomic mass is 14.8. The van der Waals surface area contributed by atoms with Gasteiger partial charge in [-0.2, -0.15) is 0 Å². The van der Waals surface area contributed by atoms with Gasteiger partial charge in [0.05, 0.1) is 0 Å². The molecule has 0 saturated carbocycles. The third-order valence-electron chi connectivity index (χ3n) is 3.52. The summed E-state index contributed by atoms with van der Waals surface area (Å²) < 4.78 is 0. The van der Waals surface area contributed by atoms with Crippen LogP contribution < -0.4 is 5.32 Å². The molecule has 0 unspecified atom stereocenters. The lowest BCUT2D eigenvalue weighted by atomic mass is 9.98. The zero-order chi connectivity index (χ0) is 14.8. The van der Waals surface area contributed by atoms with E-state index in [1.165, 1.54) is 41.5 Å². The van der Waals surface area contributed by atoms with Gasteiger partial charge in [-0.05, 0) is 50.4 Å². The monoisotopic (exact) mass is 271 g/mol. The van der Waals surface area contributed by atoms with Crippen molar-refractivity contribution in [2.24, 2.45) is 0 Å². The second-order valence-electron chi connectivity index (χ2n) is 5.38. The zero-order valence-electron chi connectivity index (χ0n) is 13.5. The van der Waals surface area contributed by atoms with Gasteiger partial charge in [0.15, 0.2) is 0 Å². The molecule has 0 saturated heterocycles. The molecule has 0 radical (unpaired) electrons. The minimum atomic E-state index is 0.950. The third kappa shape index (κ3) is 5.75. The summed E-state index contributed by atoms with van der Waals surface area (Å²) in [5, 5.41) is 3.46. The Hall–Kier alpha value is -1.34. The summed E-state index contributed by atoms with van der Waals surface area (Å²) in [6.45, 7) is 10.7. The Labute approximate surface area is 124 Å². The molecular weight excluding hydrogens is 242 g/mol. The highest BCUT2D eigenvalue weighted by molar-refractivity contribution is 5.75. The van der Waals surface area contributed by atoms with Crippen LogP contribution in [-0.2, 0) is 0 Å². The van der Waals surface area contributed by atoms with Gasteiger partial charge in [-0.3, -0.25) is 0 Å². The fraction of sp³-hybridized carbons (Fsp3) is 0.474. The average Bonchev–Trinajstić information content (AvgIpc) is 2.43. The first kappa shape index (κ1) is 16.7. The lowest BCUT2D eigenvalue weighted by Gasteiger charge is -2.08. The molecule has 0 aromatic heterocycles. The van der Waals surface area contributed by atoms with Crippen LogP contribution in [0.25, 0.3) is 5.57 Å². The number of hydrogen-bond acceptors (Lipinski definition) is 1. The molecule has 1 aromatic rings. The summed E-state index contributed by atoms with van der Waals surface area (Å²) in [6, 6.07) is 6.65. The maximum absolute atomic E-state index is 3.46. The van der Waals surface area contributed by atoms with E-state index in [0.29, 0.717) is 0 Å². The van der Waals surface area contributed by atoms with Crippen molar-refractivity contribution in [1.82, 2.24) is 5.32 Å². The van der Waals surface area contributed by atoms with Gasteiger partial charge in [0.2, 0.25) is 0 Å². The minimum Gasteiger partial charge on any atom is -0.313 e. The van der Waals surface area contributed by atoms with Crippen LogP contribution in [0.3, 0.4) is 0 Å². The molecule has 0 amide bonds. The van der Waals surface area contributed by atoms with E-state index in [2.05, 4.69) is 69.4 Å². The first-order valence-electron chi connectivity index (χ1n) is 7.80. The Morgan fingerprint density at radius 2 is 2.00 bits per heavy atom. The van der Waals surface area contributed by atoms with Gasteiger partial charge in [-0.25, -0.2) is 0 Å². The van der Waals surface area contributed by atoms with Crippen molar-refractivity contribution in [1.29, 1.82) is 0 Å². The summed E-state index contributed by atoms with van der Waals surface area (Å²) >= 11 is 0. The van der Waals surface area contributed by atoms with Gasteiger partial charge in [0, 0.05) is 6.54 Å². The number of aryl methyl sites for hydroxylation is 2. The standard InChI is InChI=1S/C19H29N/c1-5-7-8-13-20-14-9-10-18(6-2)19-12-11-16(3)15-17(19)4/h6,9-12,15,20H,5,7-8,13-14H2,1-4H3/b10-9-,18-6+. The molecule has 0 aliphatic heterocycles. The van der Waals surface area contributed by atoms with E-state index in [1.54, 1.807) is 0 Å². The smallest absolute Gasteiger partial charge is 0.0138 e. The number of hydrogen-bond donors (Lipinski definition) is 1. The van der Waals surface area contributed by atoms with Gasteiger partial charge in [0.25, 0.3) is 0 Å². The van der Waals surface area contributed by atoms with E-state index in [-0.39, 0.29) is 0 Å². The quantitative estimate of drug-likeness (QED) is 0.516. The van der Waals surface area contributed by atoms with Gasteiger partial charge >= 0.3 is 0 Å². The Balaban J connectivity index is 2.51. The van der Waals surface area contributed by atoms with Gasteiger partial charge in [0.1, 0.15) is 0 Å². The predicted molar refractivity (Wildman–Crippen MR) is 91.1 cm³/mol. The molecule has 0 heterocycles. The summed E-state index contributed by atoms with van der Waals surface area (Å²) in [5.74, 6) is 0. The molecule has 0 aliphatic rings.